The van der Waals surface area contributed by atoms with E-state index in [4.69, 9.17) is 0 Å². The number of fused-ring (bicyclic) bond motifs is 2. The number of hydrogen-bond donors (Lipinski definition) is 1. The first-order valence-electron chi connectivity index (χ1n) is 8.79. The van der Waals surface area contributed by atoms with Gasteiger partial charge in [0.15, 0.2) is 0 Å². The number of rotatable bonds is 9. The molecule has 0 spiro atoms. The number of nitrogens with one attached hydrogen (secondary N) is 1. The lowest BCUT2D eigenvalue weighted by Gasteiger charge is -2.20. The number of nitrogens with zero attached hydrogens (tertiary/aromatic N) is 3. The van der Waals surface area contributed by atoms with E-state index in [0.717, 1.165) is 36.2 Å². The molecule has 1 aromatic heterocycles. The van der Waals surface area contributed by atoms with Gasteiger partial charge in [0.25, 0.3) is 5.69 Å². The van der Waals surface area contributed by atoms with E-state index < -0.39 is 0 Å². The largest absolute Gasteiger partial charge is 0.382 e. The third kappa shape index (κ3) is 3.96. The van der Waals surface area contributed by atoms with Gasteiger partial charge in [0.05, 0.1) is 21.6 Å². The maximum absolute atomic E-state index is 11.6. The van der Waals surface area contributed by atoms with Crippen LogP contribution in [-0.2, 0) is 0 Å². The van der Waals surface area contributed by atoms with Crippen molar-refractivity contribution in [1.82, 2.24) is 9.88 Å². The van der Waals surface area contributed by atoms with Gasteiger partial charge < -0.3 is 5.32 Å². The van der Waals surface area contributed by atoms with Crippen LogP contribution in [0, 0.1) is 10.1 Å². The van der Waals surface area contributed by atoms with E-state index in [2.05, 4.69) is 28.4 Å². The molecule has 0 aliphatic carbocycles. The molecular weight excluding hydrogens is 340 g/mol. The van der Waals surface area contributed by atoms with Gasteiger partial charge in [0, 0.05) is 37.6 Å². The van der Waals surface area contributed by atoms with Gasteiger partial charge in [-0.2, -0.15) is 0 Å². The highest BCUT2D eigenvalue weighted by Gasteiger charge is 2.18. The molecule has 0 saturated carbocycles. The van der Waals surface area contributed by atoms with Gasteiger partial charge in [0.1, 0.15) is 5.39 Å². The van der Waals surface area contributed by atoms with Crippen molar-refractivity contribution in [3.63, 3.8) is 0 Å². The average molecular weight is 362 g/mol. The number of non-ortho nitro benzene ring substituents is 1. The van der Waals surface area contributed by atoms with Crippen LogP contribution in [-0.4, -0.2) is 41.0 Å². The smallest absolute Gasteiger partial charge is 0.280 e. The lowest BCUT2D eigenvalue weighted by molar-refractivity contribution is -0.383. The zero-order valence-corrected chi connectivity index (χ0v) is 15.1. The Morgan fingerprint density at radius 2 is 1.78 bits per heavy atom. The van der Waals surface area contributed by atoms with Crippen molar-refractivity contribution >= 4 is 33.2 Å². The standard InChI is InChI=1S/C21H22N4O2/c1-3-13-24(14-4-2)15-12-22-21-16-8-5-6-9-17(16)23-18-10-7-11-19(20(18)21)25(26)27/h3-11H,1-2,12-15H2,(H,22,23). The minimum Gasteiger partial charge on any atom is -0.382 e. The normalized spacial score (nSPS) is 11.0. The van der Waals surface area contributed by atoms with E-state index in [0.29, 0.717) is 17.4 Å². The van der Waals surface area contributed by atoms with Crippen molar-refractivity contribution < 1.29 is 4.92 Å². The molecule has 1 N–H and O–H groups in total. The quantitative estimate of drug-likeness (QED) is 0.265. The monoisotopic (exact) mass is 362 g/mol. The Labute approximate surface area is 158 Å². The molecule has 0 amide bonds. The molecule has 0 bridgehead atoms. The number of anilines is 1. The second-order valence-electron chi connectivity index (χ2n) is 6.20. The van der Waals surface area contributed by atoms with Crippen LogP contribution < -0.4 is 5.32 Å². The molecular formula is C21H22N4O2. The van der Waals surface area contributed by atoms with Gasteiger partial charge >= 0.3 is 0 Å². The number of nitro benzene ring substituents is 1. The fourth-order valence-electron chi connectivity index (χ4n) is 3.22. The highest BCUT2D eigenvalue weighted by Crippen LogP contribution is 2.36. The van der Waals surface area contributed by atoms with Crippen molar-refractivity contribution in [2.45, 2.75) is 0 Å². The second-order valence-corrected chi connectivity index (χ2v) is 6.20. The SMILES string of the molecule is C=CCN(CC=C)CCNc1c2ccccc2nc2cccc([N+](=O)[O-])c12. The Morgan fingerprint density at radius 3 is 2.48 bits per heavy atom. The summed E-state index contributed by atoms with van der Waals surface area (Å²) in [7, 11) is 0. The summed E-state index contributed by atoms with van der Waals surface area (Å²) in [5, 5.41) is 16.4. The predicted molar refractivity (Wildman–Crippen MR) is 111 cm³/mol. The van der Waals surface area contributed by atoms with Crippen LogP contribution in [0.2, 0.25) is 0 Å². The summed E-state index contributed by atoms with van der Waals surface area (Å²) in [4.78, 5) is 18.0. The number of hydrogen-bond acceptors (Lipinski definition) is 5. The third-order valence-electron chi connectivity index (χ3n) is 4.39. The van der Waals surface area contributed by atoms with Gasteiger partial charge in [0.2, 0.25) is 0 Å². The minimum atomic E-state index is -0.355. The molecule has 0 aliphatic rings. The van der Waals surface area contributed by atoms with Crippen LogP contribution in [0.25, 0.3) is 21.8 Å². The lowest BCUT2D eigenvalue weighted by Crippen LogP contribution is -2.29. The molecule has 6 heteroatoms. The zero-order chi connectivity index (χ0) is 19.2. The van der Waals surface area contributed by atoms with Gasteiger partial charge in [-0.3, -0.25) is 15.0 Å². The number of para-hydroxylation sites is 1. The molecule has 2 aromatic carbocycles. The van der Waals surface area contributed by atoms with E-state index in [1.54, 1.807) is 6.07 Å². The molecule has 138 valence electrons. The molecule has 0 aliphatic heterocycles. The first-order valence-corrected chi connectivity index (χ1v) is 8.79. The Hall–Kier alpha value is -3.25. The minimum absolute atomic E-state index is 0.0577. The summed E-state index contributed by atoms with van der Waals surface area (Å²) in [6, 6.07) is 12.7. The summed E-state index contributed by atoms with van der Waals surface area (Å²) < 4.78 is 0. The number of aromatic nitrogens is 1. The first-order chi connectivity index (χ1) is 13.2. The molecule has 0 fully saturated rings. The molecule has 0 radical (unpaired) electrons. The molecule has 1 heterocycles. The Bertz CT molecular complexity index is 990. The Kier molecular flexibility index (Phi) is 5.78. The van der Waals surface area contributed by atoms with Crippen LogP contribution in [0.4, 0.5) is 11.4 Å². The third-order valence-corrected chi connectivity index (χ3v) is 4.39. The van der Waals surface area contributed by atoms with Crippen LogP contribution >= 0.6 is 0 Å². The number of nitro groups is 1. The van der Waals surface area contributed by atoms with Crippen LogP contribution in [0.5, 0.6) is 0 Å². The predicted octanol–water partition coefficient (Wildman–Crippen LogP) is 4.38. The van der Waals surface area contributed by atoms with Crippen molar-refractivity contribution in [3.05, 3.63) is 77.9 Å². The second kappa shape index (κ2) is 8.42. The highest BCUT2D eigenvalue weighted by atomic mass is 16.6. The van der Waals surface area contributed by atoms with Crippen molar-refractivity contribution in [2.24, 2.45) is 0 Å². The molecule has 27 heavy (non-hydrogen) atoms. The summed E-state index contributed by atoms with van der Waals surface area (Å²) in [5.41, 5.74) is 2.23. The summed E-state index contributed by atoms with van der Waals surface area (Å²) in [6.07, 6.45) is 3.71. The first kappa shape index (κ1) is 18.5. The fraction of sp³-hybridized carbons (Fsp3) is 0.190. The van der Waals surface area contributed by atoms with E-state index in [1.165, 1.54) is 6.07 Å². The lowest BCUT2D eigenvalue weighted by atomic mass is 10.1. The van der Waals surface area contributed by atoms with Gasteiger partial charge in [-0.15, -0.1) is 13.2 Å². The zero-order valence-electron chi connectivity index (χ0n) is 15.1. The van der Waals surface area contributed by atoms with Crippen molar-refractivity contribution in [2.75, 3.05) is 31.5 Å². The van der Waals surface area contributed by atoms with Gasteiger partial charge in [-0.1, -0.05) is 36.4 Å². The molecule has 0 atom stereocenters. The van der Waals surface area contributed by atoms with Crippen LogP contribution in [0.15, 0.2) is 67.8 Å². The summed E-state index contributed by atoms with van der Waals surface area (Å²) in [5.74, 6) is 0. The number of pyridine rings is 1. The van der Waals surface area contributed by atoms with Crippen LogP contribution in [0.3, 0.4) is 0 Å². The molecule has 3 aromatic rings. The maximum Gasteiger partial charge on any atom is 0.280 e. The molecule has 0 unspecified atom stereocenters. The van der Waals surface area contributed by atoms with Crippen molar-refractivity contribution in [1.29, 1.82) is 0 Å². The highest BCUT2D eigenvalue weighted by molar-refractivity contribution is 6.11. The average Bonchev–Trinajstić information content (AvgIpc) is 2.67. The van der Waals surface area contributed by atoms with Gasteiger partial charge in [-0.25, -0.2) is 4.98 Å². The topological polar surface area (TPSA) is 71.3 Å². The summed E-state index contributed by atoms with van der Waals surface area (Å²) in [6.45, 7) is 10.5. The molecule has 3 rings (SSSR count). The molecule has 0 saturated heterocycles. The van der Waals surface area contributed by atoms with E-state index >= 15 is 0 Å². The Balaban J connectivity index is 2.04. The van der Waals surface area contributed by atoms with Gasteiger partial charge in [-0.05, 0) is 12.1 Å². The number of benzene rings is 2. The van der Waals surface area contributed by atoms with E-state index in [-0.39, 0.29) is 10.6 Å². The Morgan fingerprint density at radius 1 is 1.07 bits per heavy atom. The van der Waals surface area contributed by atoms with E-state index in [9.17, 15) is 10.1 Å². The van der Waals surface area contributed by atoms with Crippen molar-refractivity contribution in [3.8, 4) is 0 Å². The maximum atomic E-state index is 11.6. The fourth-order valence-corrected chi connectivity index (χ4v) is 3.22. The van der Waals surface area contributed by atoms with E-state index in [1.807, 2.05) is 42.5 Å². The summed E-state index contributed by atoms with van der Waals surface area (Å²) >= 11 is 0. The van der Waals surface area contributed by atoms with Crippen LogP contribution in [0.1, 0.15) is 0 Å². The molecule has 6 nitrogen and oxygen atoms in total.